The van der Waals surface area contributed by atoms with Crippen LogP contribution in [0, 0.1) is 0 Å². The van der Waals surface area contributed by atoms with E-state index in [0.29, 0.717) is 11.4 Å². The van der Waals surface area contributed by atoms with E-state index in [4.69, 9.17) is 18.0 Å². The molecule has 0 saturated carbocycles. The van der Waals surface area contributed by atoms with Crippen LogP contribution in [0.5, 0.6) is 0 Å². The number of hydrogen-bond acceptors (Lipinski definition) is 2. The summed E-state index contributed by atoms with van der Waals surface area (Å²) in [5.41, 5.74) is 8.31. The van der Waals surface area contributed by atoms with Crippen molar-refractivity contribution in [3.05, 3.63) is 34.9 Å². The zero-order valence-corrected chi connectivity index (χ0v) is 8.56. The molecule has 0 amide bonds. The Hall–Kier alpha value is -1.22. The predicted octanol–water partition coefficient (Wildman–Crippen LogP) is 1.84. The Morgan fingerprint density at radius 3 is 2.86 bits per heavy atom. The summed E-state index contributed by atoms with van der Waals surface area (Å²) >= 11 is 4.95. The van der Waals surface area contributed by atoms with Gasteiger partial charge in [-0.25, -0.2) is 0 Å². The molecule has 0 unspecified atom stereocenters. The third-order valence-electron chi connectivity index (χ3n) is 2.57. The summed E-state index contributed by atoms with van der Waals surface area (Å²) in [4.78, 5) is 12.0. The van der Waals surface area contributed by atoms with Gasteiger partial charge >= 0.3 is 0 Å². The highest BCUT2D eigenvalue weighted by Crippen LogP contribution is 2.24. The minimum Gasteiger partial charge on any atom is -0.389 e. The number of rotatable bonds is 1. The van der Waals surface area contributed by atoms with E-state index in [2.05, 4.69) is 0 Å². The van der Waals surface area contributed by atoms with Gasteiger partial charge in [-0.3, -0.25) is 4.79 Å². The molecule has 0 aliphatic heterocycles. The third kappa shape index (κ3) is 1.44. The fourth-order valence-electron chi connectivity index (χ4n) is 1.91. The maximum Gasteiger partial charge on any atom is 0.163 e. The summed E-state index contributed by atoms with van der Waals surface area (Å²) in [6.45, 7) is 0. The van der Waals surface area contributed by atoms with Crippen LogP contribution >= 0.6 is 12.2 Å². The molecule has 72 valence electrons. The van der Waals surface area contributed by atoms with Crippen LogP contribution in [0.25, 0.3) is 0 Å². The van der Waals surface area contributed by atoms with Gasteiger partial charge in [0.05, 0.1) is 0 Å². The molecule has 0 saturated heterocycles. The van der Waals surface area contributed by atoms with Gasteiger partial charge < -0.3 is 5.73 Å². The van der Waals surface area contributed by atoms with Crippen LogP contribution in [0.15, 0.2) is 18.2 Å². The average Bonchev–Trinajstić information content (AvgIpc) is 2.17. The number of fused-ring (bicyclic) bond motifs is 1. The molecule has 0 heterocycles. The van der Waals surface area contributed by atoms with Crippen molar-refractivity contribution in [1.82, 2.24) is 0 Å². The number of thiocarbonyl (C=S) groups is 1. The summed E-state index contributed by atoms with van der Waals surface area (Å²) in [7, 11) is 0. The van der Waals surface area contributed by atoms with E-state index in [1.54, 1.807) is 0 Å². The molecule has 1 aliphatic carbocycles. The number of benzene rings is 1. The van der Waals surface area contributed by atoms with Gasteiger partial charge in [-0.15, -0.1) is 0 Å². The SMILES string of the molecule is NC(=S)c1cccc2c1CCCC2=O. The highest BCUT2D eigenvalue weighted by atomic mass is 32.1. The summed E-state index contributed by atoms with van der Waals surface area (Å²) in [5, 5.41) is 0. The Balaban J connectivity index is 2.60. The molecule has 1 aromatic rings. The van der Waals surface area contributed by atoms with Crippen LogP contribution in [0.4, 0.5) is 0 Å². The van der Waals surface area contributed by atoms with Crippen molar-refractivity contribution in [2.45, 2.75) is 19.3 Å². The number of carbonyl (C=O) groups is 1. The van der Waals surface area contributed by atoms with Crippen LogP contribution in [0.1, 0.15) is 34.3 Å². The lowest BCUT2D eigenvalue weighted by Gasteiger charge is -2.17. The molecule has 2 nitrogen and oxygen atoms in total. The Kier molecular flexibility index (Phi) is 2.33. The first-order valence-corrected chi connectivity index (χ1v) is 5.06. The highest BCUT2D eigenvalue weighted by molar-refractivity contribution is 7.80. The topological polar surface area (TPSA) is 43.1 Å². The highest BCUT2D eigenvalue weighted by Gasteiger charge is 2.19. The molecule has 0 aromatic heterocycles. The molecule has 0 fully saturated rings. The van der Waals surface area contributed by atoms with Crippen LogP contribution in [-0.2, 0) is 6.42 Å². The minimum atomic E-state index is 0.212. The van der Waals surface area contributed by atoms with E-state index in [1.807, 2.05) is 18.2 Å². The molecule has 1 aromatic carbocycles. The van der Waals surface area contributed by atoms with Gasteiger partial charge in [0.15, 0.2) is 5.78 Å². The summed E-state index contributed by atoms with van der Waals surface area (Å²) < 4.78 is 0. The number of hydrogen-bond donors (Lipinski definition) is 1. The number of Topliss-reactive ketones (excluding diaryl/α,β-unsaturated/α-hetero) is 1. The fourth-order valence-corrected chi connectivity index (χ4v) is 2.10. The van der Waals surface area contributed by atoms with Crippen molar-refractivity contribution in [1.29, 1.82) is 0 Å². The molecule has 0 bridgehead atoms. The molecule has 3 heteroatoms. The lowest BCUT2D eigenvalue weighted by atomic mass is 9.87. The second kappa shape index (κ2) is 3.50. The van der Waals surface area contributed by atoms with Crippen LogP contribution in [0.3, 0.4) is 0 Å². The summed E-state index contributed by atoms with van der Waals surface area (Å²) in [5.74, 6) is 0.212. The Labute approximate surface area is 88.1 Å². The Morgan fingerprint density at radius 2 is 2.14 bits per heavy atom. The maximum atomic E-state index is 11.6. The van der Waals surface area contributed by atoms with Gasteiger partial charge in [-0.2, -0.15) is 0 Å². The van der Waals surface area contributed by atoms with Crippen molar-refractivity contribution in [3.63, 3.8) is 0 Å². The first kappa shape index (κ1) is 9.34. The normalized spacial score (nSPS) is 15.0. The van der Waals surface area contributed by atoms with Crippen LogP contribution in [-0.4, -0.2) is 10.8 Å². The van der Waals surface area contributed by atoms with E-state index >= 15 is 0 Å². The molecular formula is C11H11NOS. The summed E-state index contributed by atoms with van der Waals surface area (Å²) in [6.07, 6.45) is 2.47. The fraction of sp³-hybridized carbons (Fsp3) is 0.273. The number of nitrogens with two attached hydrogens (primary N) is 1. The van der Waals surface area contributed by atoms with Gasteiger partial charge in [-0.1, -0.05) is 30.4 Å². The van der Waals surface area contributed by atoms with Gasteiger partial charge in [0, 0.05) is 17.5 Å². The van der Waals surface area contributed by atoms with Gasteiger partial charge in [0.1, 0.15) is 4.99 Å². The van der Waals surface area contributed by atoms with E-state index < -0.39 is 0 Å². The van der Waals surface area contributed by atoms with Crippen molar-refractivity contribution < 1.29 is 4.79 Å². The molecule has 14 heavy (non-hydrogen) atoms. The smallest absolute Gasteiger partial charge is 0.163 e. The molecule has 0 spiro atoms. The average molecular weight is 205 g/mol. The monoisotopic (exact) mass is 205 g/mol. The zero-order valence-electron chi connectivity index (χ0n) is 7.75. The molecule has 1 aliphatic rings. The van der Waals surface area contributed by atoms with E-state index in [-0.39, 0.29) is 5.78 Å². The molecule has 2 N–H and O–H groups in total. The van der Waals surface area contributed by atoms with Crippen molar-refractivity contribution >= 4 is 23.0 Å². The van der Waals surface area contributed by atoms with Crippen LogP contribution < -0.4 is 5.73 Å². The molecule has 0 atom stereocenters. The van der Waals surface area contributed by atoms with E-state index in [0.717, 1.165) is 29.5 Å². The van der Waals surface area contributed by atoms with Gasteiger partial charge in [0.2, 0.25) is 0 Å². The second-order valence-corrected chi connectivity index (χ2v) is 3.91. The predicted molar refractivity (Wildman–Crippen MR) is 59.6 cm³/mol. The Bertz CT molecular complexity index is 397. The van der Waals surface area contributed by atoms with Crippen molar-refractivity contribution in [2.75, 3.05) is 0 Å². The summed E-state index contributed by atoms with van der Waals surface area (Å²) in [6, 6.07) is 5.59. The van der Waals surface area contributed by atoms with E-state index in [9.17, 15) is 4.79 Å². The van der Waals surface area contributed by atoms with Gasteiger partial charge in [0.25, 0.3) is 0 Å². The third-order valence-corrected chi connectivity index (χ3v) is 2.79. The lowest BCUT2D eigenvalue weighted by molar-refractivity contribution is 0.0972. The number of carbonyl (C=O) groups excluding carboxylic acids is 1. The largest absolute Gasteiger partial charge is 0.389 e. The molecule has 2 rings (SSSR count). The molecular weight excluding hydrogens is 194 g/mol. The minimum absolute atomic E-state index is 0.212. The van der Waals surface area contributed by atoms with E-state index in [1.165, 1.54) is 0 Å². The molecule has 0 radical (unpaired) electrons. The lowest BCUT2D eigenvalue weighted by Crippen LogP contribution is -2.18. The van der Waals surface area contributed by atoms with Gasteiger partial charge in [-0.05, 0) is 18.4 Å². The first-order chi connectivity index (χ1) is 6.70. The zero-order chi connectivity index (χ0) is 10.1. The van der Waals surface area contributed by atoms with Crippen molar-refractivity contribution in [2.24, 2.45) is 5.73 Å². The second-order valence-electron chi connectivity index (χ2n) is 3.47. The van der Waals surface area contributed by atoms with Crippen LogP contribution in [0.2, 0.25) is 0 Å². The Morgan fingerprint density at radius 1 is 1.36 bits per heavy atom. The van der Waals surface area contributed by atoms with Crippen molar-refractivity contribution in [3.8, 4) is 0 Å². The first-order valence-electron chi connectivity index (χ1n) is 4.65. The number of ketones is 1. The quantitative estimate of drug-likeness (QED) is 0.711. The maximum absolute atomic E-state index is 11.6. The standard InChI is InChI=1S/C11H11NOS/c12-11(14)9-5-1-4-8-7(9)3-2-6-10(8)13/h1,4-5H,2-3,6H2,(H2,12,14).